The molecule has 0 aromatic carbocycles. The van der Waals surface area contributed by atoms with E-state index in [2.05, 4.69) is 19.2 Å². The quantitative estimate of drug-likeness (QED) is 0.584. The molecule has 3 nitrogen and oxygen atoms in total. The van der Waals surface area contributed by atoms with Crippen molar-refractivity contribution in [2.75, 3.05) is 13.2 Å². The Morgan fingerprint density at radius 3 is 2.07 bits per heavy atom. The number of rotatable bonds is 7. The van der Waals surface area contributed by atoms with Gasteiger partial charge < -0.3 is 15.5 Å². The van der Waals surface area contributed by atoms with Crippen molar-refractivity contribution < 1.29 is 10.2 Å². The summed E-state index contributed by atoms with van der Waals surface area (Å²) in [6.07, 6.45) is 2.41. The SMILES string of the molecule is CCC(C)(O)CNC(C)(CC)CCO. The van der Waals surface area contributed by atoms with Crippen molar-refractivity contribution in [2.24, 2.45) is 0 Å². The summed E-state index contributed by atoms with van der Waals surface area (Å²) in [5.41, 5.74) is -0.709. The number of aliphatic hydroxyl groups excluding tert-OH is 1. The van der Waals surface area contributed by atoms with Crippen LogP contribution in [-0.4, -0.2) is 34.5 Å². The van der Waals surface area contributed by atoms with Crippen LogP contribution < -0.4 is 5.32 Å². The van der Waals surface area contributed by atoms with Crippen LogP contribution in [0.1, 0.15) is 47.0 Å². The Balaban J connectivity index is 4.06. The normalized spacial score (nSPS) is 20.1. The highest BCUT2D eigenvalue weighted by Gasteiger charge is 2.25. The van der Waals surface area contributed by atoms with Crippen LogP contribution in [0.2, 0.25) is 0 Å². The van der Waals surface area contributed by atoms with Gasteiger partial charge in [0, 0.05) is 18.7 Å². The van der Waals surface area contributed by atoms with Crippen LogP contribution in [0.15, 0.2) is 0 Å². The Labute approximate surface area is 87.5 Å². The molecule has 3 heteroatoms. The fourth-order valence-corrected chi connectivity index (χ4v) is 1.17. The lowest BCUT2D eigenvalue weighted by molar-refractivity contribution is 0.0442. The predicted molar refractivity (Wildman–Crippen MR) is 59.3 cm³/mol. The van der Waals surface area contributed by atoms with Gasteiger partial charge in [-0.2, -0.15) is 0 Å². The first kappa shape index (κ1) is 13.9. The summed E-state index contributed by atoms with van der Waals surface area (Å²) in [6.45, 7) is 8.73. The van der Waals surface area contributed by atoms with Crippen LogP contribution >= 0.6 is 0 Å². The molecule has 0 radical (unpaired) electrons. The van der Waals surface area contributed by atoms with Gasteiger partial charge in [0.25, 0.3) is 0 Å². The molecule has 2 unspecified atom stereocenters. The summed E-state index contributed by atoms with van der Waals surface area (Å²) in [5, 5.41) is 22.1. The minimum atomic E-state index is -0.647. The maximum atomic E-state index is 9.83. The van der Waals surface area contributed by atoms with Crippen molar-refractivity contribution in [2.45, 2.75) is 58.1 Å². The van der Waals surface area contributed by atoms with E-state index in [1.165, 1.54) is 0 Å². The van der Waals surface area contributed by atoms with Crippen molar-refractivity contribution in [1.29, 1.82) is 0 Å². The van der Waals surface area contributed by atoms with Gasteiger partial charge in [0.05, 0.1) is 5.60 Å². The lowest BCUT2D eigenvalue weighted by atomic mass is 9.93. The minimum Gasteiger partial charge on any atom is -0.396 e. The van der Waals surface area contributed by atoms with Gasteiger partial charge in [0.15, 0.2) is 0 Å². The van der Waals surface area contributed by atoms with Crippen LogP contribution in [0, 0.1) is 0 Å². The van der Waals surface area contributed by atoms with Crippen LogP contribution in [0.5, 0.6) is 0 Å². The Morgan fingerprint density at radius 2 is 1.71 bits per heavy atom. The van der Waals surface area contributed by atoms with Gasteiger partial charge in [-0.3, -0.25) is 0 Å². The van der Waals surface area contributed by atoms with E-state index in [1.807, 2.05) is 13.8 Å². The number of hydrogen-bond acceptors (Lipinski definition) is 3. The van der Waals surface area contributed by atoms with E-state index in [-0.39, 0.29) is 12.1 Å². The van der Waals surface area contributed by atoms with Gasteiger partial charge in [-0.25, -0.2) is 0 Å². The molecule has 2 atom stereocenters. The fraction of sp³-hybridized carbons (Fsp3) is 1.00. The molecule has 14 heavy (non-hydrogen) atoms. The molecule has 3 N–H and O–H groups in total. The second kappa shape index (κ2) is 5.69. The molecule has 86 valence electrons. The fourth-order valence-electron chi connectivity index (χ4n) is 1.17. The maximum Gasteiger partial charge on any atom is 0.0741 e. The van der Waals surface area contributed by atoms with E-state index < -0.39 is 5.60 Å². The molecule has 0 aliphatic heterocycles. The van der Waals surface area contributed by atoms with Crippen molar-refractivity contribution in [3.63, 3.8) is 0 Å². The van der Waals surface area contributed by atoms with Crippen molar-refractivity contribution in [3.8, 4) is 0 Å². The number of aliphatic hydroxyl groups is 2. The van der Waals surface area contributed by atoms with Crippen LogP contribution in [-0.2, 0) is 0 Å². The molecule has 0 aliphatic carbocycles. The predicted octanol–water partition coefficient (Wildman–Crippen LogP) is 1.29. The van der Waals surface area contributed by atoms with Gasteiger partial charge in [-0.1, -0.05) is 13.8 Å². The Morgan fingerprint density at radius 1 is 1.14 bits per heavy atom. The zero-order valence-electron chi connectivity index (χ0n) is 9.93. The highest BCUT2D eigenvalue weighted by Crippen LogP contribution is 2.16. The summed E-state index contributed by atoms with van der Waals surface area (Å²) in [4.78, 5) is 0. The minimum absolute atomic E-state index is 0.0616. The molecule has 0 fully saturated rings. The Bertz CT molecular complexity index is 159. The van der Waals surface area contributed by atoms with Gasteiger partial charge >= 0.3 is 0 Å². The average Bonchev–Trinajstić information content (AvgIpc) is 2.16. The molecule has 0 saturated heterocycles. The smallest absolute Gasteiger partial charge is 0.0741 e. The molecule has 0 aromatic heterocycles. The largest absolute Gasteiger partial charge is 0.396 e. The van der Waals surface area contributed by atoms with E-state index in [4.69, 9.17) is 5.11 Å². The molecule has 0 aromatic rings. The molecular formula is C11H25NO2. The number of hydrogen-bond donors (Lipinski definition) is 3. The lowest BCUT2D eigenvalue weighted by Crippen LogP contribution is -2.49. The van der Waals surface area contributed by atoms with E-state index >= 15 is 0 Å². The van der Waals surface area contributed by atoms with Gasteiger partial charge in [-0.15, -0.1) is 0 Å². The molecule has 0 spiro atoms. The van der Waals surface area contributed by atoms with E-state index in [9.17, 15) is 5.11 Å². The Hall–Kier alpha value is -0.120. The third kappa shape index (κ3) is 4.94. The molecule has 0 heterocycles. The standard InChI is InChI=1S/C11H25NO2/c1-5-10(3,7-8-13)12-9-11(4,14)6-2/h12-14H,5-9H2,1-4H3. The summed E-state index contributed by atoms with van der Waals surface area (Å²) < 4.78 is 0. The van der Waals surface area contributed by atoms with E-state index in [1.54, 1.807) is 0 Å². The molecule has 0 bridgehead atoms. The van der Waals surface area contributed by atoms with E-state index in [0.717, 1.165) is 19.3 Å². The number of nitrogens with one attached hydrogen (secondary N) is 1. The van der Waals surface area contributed by atoms with Gasteiger partial charge in [0.1, 0.15) is 0 Å². The highest BCUT2D eigenvalue weighted by molar-refractivity contribution is 4.85. The van der Waals surface area contributed by atoms with Gasteiger partial charge in [0.2, 0.25) is 0 Å². The van der Waals surface area contributed by atoms with Gasteiger partial charge in [-0.05, 0) is 33.1 Å². The molecule has 0 rings (SSSR count). The third-order valence-electron chi connectivity index (χ3n) is 3.10. The average molecular weight is 203 g/mol. The molecule has 0 aliphatic rings. The van der Waals surface area contributed by atoms with Crippen molar-refractivity contribution in [1.82, 2.24) is 5.32 Å². The maximum absolute atomic E-state index is 9.83. The number of β-amino-alcohol motifs (C(OH)–C–C–N with tert-alkyl or cyclic N) is 1. The summed E-state index contributed by atoms with van der Waals surface area (Å²) in [7, 11) is 0. The second-order valence-corrected chi connectivity index (χ2v) is 4.59. The third-order valence-corrected chi connectivity index (χ3v) is 3.10. The highest BCUT2D eigenvalue weighted by atomic mass is 16.3. The topological polar surface area (TPSA) is 52.5 Å². The second-order valence-electron chi connectivity index (χ2n) is 4.59. The zero-order valence-corrected chi connectivity index (χ0v) is 9.93. The van der Waals surface area contributed by atoms with Crippen LogP contribution in [0.3, 0.4) is 0 Å². The monoisotopic (exact) mass is 203 g/mol. The van der Waals surface area contributed by atoms with E-state index in [0.29, 0.717) is 6.54 Å². The zero-order chi connectivity index (χ0) is 11.2. The first-order valence-corrected chi connectivity index (χ1v) is 5.47. The lowest BCUT2D eigenvalue weighted by Gasteiger charge is -2.33. The molecule has 0 amide bonds. The Kier molecular flexibility index (Phi) is 5.64. The first-order valence-electron chi connectivity index (χ1n) is 5.47. The summed E-state index contributed by atoms with van der Waals surface area (Å²) in [6, 6.07) is 0. The summed E-state index contributed by atoms with van der Waals surface area (Å²) in [5.74, 6) is 0. The summed E-state index contributed by atoms with van der Waals surface area (Å²) >= 11 is 0. The van der Waals surface area contributed by atoms with Crippen molar-refractivity contribution in [3.05, 3.63) is 0 Å². The van der Waals surface area contributed by atoms with Crippen molar-refractivity contribution >= 4 is 0 Å². The van der Waals surface area contributed by atoms with Crippen LogP contribution in [0.25, 0.3) is 0 Å². The molecule has 0 saturated carbocycles. The molecular weight excluding hydrogens is 178 g/mol. The van der Waals surface area contributed by atoms with Crippen LogP contribution in [0.4, 0.5) is 0 Å². The first-order chi connectivity index (χ1) is 6.39.